The van der Waals surface area contributed by atoms with Gasteiger partial charge in [-0.25, -0.2) is 0 Å². The largest absolute Gasteiger partial charge is 0.317 e. The topological polar surface area (TPSA) is 15.3 Å². The molecule has 4 atom stereocenters. The Bertz CT molecular complexity index is 205. The molecule has 0 radical (unpaired) electrons. The predicted octanol–water partition coefficient (Wildman–Crippen LogP) is 2.25. The highest BCUT2D eigenvalue weighted by atomic mass is 15.2. The van der Waals surface area contributed by atoms with Crippen LogP contribution in [0.15, 0.2) is 0 Å². The predicted molar refractivity (Wildman–Crippen MR) is 65.1 cm³/mol. The lowest BCUT2D eigenvalue weighted by atomic mass is 9.96. The van der Waals surface area contributed by atoms with E-state index < -0.39 is 0 Å². The SMILES string of the molecule is CNC1CCN(C2CCC(C)C2)C(C)C1. The Labute approximate surface area is 94.4 Å². The Hall–Kier alpha value is -0.0800. The molecule has 88 valence electrons. The molecule has 1 saturated heterocycles. The third-order valence-electron chi connectivity index (χ3n) is 4.47. The fraction of sp³-hybridized carbons (Fsp3) is 1.00. The van der Waals surface area contributed by atoms with Crippen molar-refractivity contribution < 1.29 is 0 Å². The molecule has 0 aromatic rings. The van der Waals surface area contributed by atoms with Gasteiger partial charge < -0.3 is 5.32 Å². The average Bonchev–Trinajstić information content (AvgIpc) is 2.64. The summed E-state index contributed by atoms with van der Waals surface area (Å²) >= 11 is 0. The minimum Gasteiger partial charge on any atom is -0.317 e. The van der Waals surface area contributed by atoms with E-state index in [1.807, 2.05) is 0 Å². The zero-order chi connectivity index (χ0) is 10.8. The Morgan fingerprint density at radius 1 is 1.07 bits per heavy atom. The summed E-state index contributed by atoms with van der Waals surface area (Å²) in [5.41, 5.74) is 0. The molecular formula is C13H26N2. The third kappa shape index (κ3) is 2.54. The summed E-state index contributed by atoms with van der Waals surface area (Å²) in [6.45, 7) is 6.13. The van der Waals surface area contributed by atoms with Gasteiger partial charge in [-0.15, -0.1) is 0 Å². The molecule has 2 aliphatic rings. The number of rotatable bonds is 2. The quantitative estimate of drug-likeness (QED) is 0.752. The van der Waals surface area contributed by atoms with Crippen molar-refractivity contribution in [1.82, 2.24) is 10.2 Å². The minimum absolute atomic E-state index is 0.759. The molecule has 1 heterocycles. The van der Waals surface area contributed by atoms with E-state index in [0.29, 0.717) is 0 Å². The maximum absolute atomic E-state index is 3.43. The van der Waals surface area contributed by atoms with Gasteiger partial charge in [-0.3, -0.25) is 4.90 Å². The van der Waals surface area contributed by atoms with Crippen molar-refractivity contribution in [3.8, 4) is 0 Å². The molecule has 0 bridgehead atoms. The van der Waals surface area contributed by atoms with Gasteiger partial charge >= 0.3 is 0 Å². The molecule has 2 heteroatoms. The number of likely N-dealkylation sites (tertiary alicyclic amines) is 1. The van der Waals surface area contributed by atoms with Crippen LogP contribution in [0.3, 0.4) is 0 Å². The maximum atomic E-state index is 3.43. The standard InChI is InChI=1S/C13H26N2/c1-10-4-5-13(8-10)15-7-6-12(14-3)9-11(15)2/h10-14H,4-9H2,1-3H3. The van der Waals surface area contributed by atoms with E-state index in [2.05, 4.69) is 31.1 Å². The summed E-state index contributed by atoms with van der Waals surface area (Å²) in [6.07, 6.45) is 7.00. The molecule has 0 aromatic carbocycles. The first-order valence-corrected chi connectivity index (χ1v) is 6.63. The second-order valence-corrected chi connectivity index (χ2v) is 5.67. The third-order valence-corrected chi connectivity index (χ3v) is 4.47. The summed E-state index contributed by atoms with van der Waals surface area (Å²) in [5, 5.41) is 3.43. The fourth-order valence-corrected chi connectivity index (χ4v) is 3.47. The summed E-state index contributed by atoms with van der Waals surface area (Å²) in [6, 6.07) is 2.44. The lowest BCUT2D eigenvalue weighted by molar-refractivity contribution is 0.0903. The van der Waals surface area contributed by atoms with Crippen LogP contribution < -0.4 is 5.32 Å². The Morgan fingerprint density at radius 3 is 2.40 bits per heavy atom. The van der Waals surface area contributed by atoms with E-state index in [1.54, 1.807) is 0 Å². The van der Waals surface area contributed by atoms with E-state index >= 15 is 0 Å². The van der Waals surface area contributed by atoms with Crippen LogP contribution in [0.5, 0.6) is 0 Å². The van der Waals surface area contributed by atoms with Crippen molar-refractivity contribution in [1.29, 1.82) is 0 Å². The highest BCUT2D eigenvalue weighted by Gasteiger charge is 2.33. The molecular weight excluding hydrogens is 184 g/mol. The van der Waals surface area contributed by atoms with Gasteiger partial charge in [-0.1, -0.05) is 6.92 Å². The maximum Gasteiger partial charge on any atom is 0.0101 e. The number of nitrogens with zero attached hydrogens (tertiary/aromatic N) is 1. The van der Waals surface area contributed by atoms with E-state index in [0.717, 1.165) is 24.0 Å². The van der Waals surface area contributed by atoms with Crippen molar-refractivity contribution in [2.24, 2.45) is 5.92 Å². The van der Waals surface area contributed by atoms with Crippen molar-refractivity contribution in [2.45, 2.75) is 64.1 Å². The molecule has 2 nitrogen and oxygen atoms in total. The Morgan fingerprint density at radius 2 is 1.87 bits per heavy atom. The van der Waals surface area contributed by atoms with E-state index in [4.69, 9.17) is 0 Å². The van der Waals surface area contributed by atoms with Crippen LogP contribution in [0.4, 0.5) is 0 Å². The number of nitrogens with one attached hydrogen (secondary N) is 1. The van der Waals surface area contributed by atoms with E-state index in [1.165, 1.54) is 38.6 Å². The van der Waals surface area contributed by atoms with Gasteiger partial charge in [0.25, 0.3) is 0 Å². The Balaban J connectivity index is 1.88. The minimum atomic E-state index is 0.759. The summed E-state index contributed by atoms with van der Waals surface area (Å²) in [7, 11) is 2.10. The molecule has 1 saturated carbocycles. The van der Waals surface area contributed by atoms with Crippen molar-refractivity contribution in [2.75, 3.05) is 13.6 Å². The highest BCUT2D eigenvalue weighted by Crippen LogP contribution is 2.32. The smallest absolute Gasteiger partial charge is 0.0101 e. The molecule has 1 N–H and O–H groups in total. The first-order chi connectivity index (χ1) is 7.20. The summed E-state index contributed by atoms with van der Waals surface area (Å²) in [5.74, 6) is 0.962. The van der Waals surface area contributed by atoms with Gasteiger partial charge in [-0.05, 0) is 52.0 Å². The molecule has 4 unspecified atom stereocenters. The van der Waals surface area contributed by atoms with Crippen LogP contribution in [0.2, 0.25) is 0 Å². The van der Waals surface area contributed by atoms with Crippen LogP contribution in [-0.2, 0) is 0 Å². The van der Waals surface area contributed by atoms with Crippen molar-refractivity contribution in [3.63, 3.8) is 0 Å². The first kappa shape index (κ1) is 11.4. The van der Waals surface area contributed by atoms with Gasteiger partial charge in [-0.2, -0.15) is 0 Å². The summed E-state index contributed by atoms with van der Waals surface area (Å²) < 4.78 is 0. The van der Waals surface area contributed by atoms with Gasteiger partial charge in [0.05, 0.1) is 0 Å². The van der Waals surface area contributed by atoms with Crippen LogP contribution >= 0.6 is 0 Å². The molecule has 15 heavy (non-hydrogen) atoms. The fourth-order valence-electron chi connectivity index (χ4n) is 3.47. The zero-order valence-corrected chi connectivity index (χ0v) is 10.5. The molecule has 0 amide bonds. The van der Waals surface area contributed by atoms with Crippen LogP contribution in [0.1, 0.15) is 46.0 Å². The first-order valence-electron chi connectivity index (χ1n) is 6.63. The van der Waals surface area contributed by atoms with Gasteiger partial charge in [0, 0.05) is 24.7 Å². The molecule has 1 aliphatic heterocycles. The number of piperidine rings is 1. The Kier molecular flexibility index (Phi) is 3.68. The van der Waals surface area contributed by atoms with Crippen LogP contribution in [0.25, 0.3) is 0 Å². The van der Waals surface area contributed by atoms with Gasteiger partial charge in [0.1, 0.15) is 0 Å². The van der Waals surface area contributed by atoms with Crippen LogP contribution in [-0.4, -0.2) is 36.6 Å². The highest BCUT2D eigenvalue weighted by molar-refractivity contribution is 4.89. The lowest BCUT2D eigenvalue weighted by Crippen LogP contribution is -2.50. The van der Waals surface area contributed by atoms with E-state index in [9.17, 15) is 0 Å². The molecule has 0 aromatic heterocycles. The molecule has 1 aliphatic carbocycles. The molecule has 2 rings (SSSR count). The monoisotopic (exact) mass is 210 g/mol. The summed E-state index contributed by atoms with van der Waals surface area (Å²) in [4.78, 5) is 2.78. The van der Waals surface area contributed by atoms with Crippen LogP contribution in [0, 0.1) is 5.92 Å². The average molecular weight is 210 g/mol. The van der Waals surface area contributed by atoms with Crippen molar-refractivity contribution >= 4 is 0 Å². The normalized spacial score (nSPS) is 43.4. The second-order valence-electron chi connectivity index (χ2n) is 5.67. The van der Waals surface area contributed by atoms with E-state index in [-0.39, 0.29) is 0 Å². The van der Waals surface area contributed by atoms with Gasteiger partial charge in [0.2, 0.25) is 0 Å². The molecule has 2 fully saturated rings. The number of hydrogen-bond donors (Lipinski definition) is 1. The lowest BCUT2D eigenvalue weighted by Gasteiger charge is -2.41. The number of hydrogen-bond acceptors (Lipinski definition) is 2. The molecule has 0 spiro atoms. The van der Waals surface area contributed by atoms with Gasteiger partial charge in [0.15, 0.2) is 0 Å². The second kappa shape index (κ2) is 4.84. The zero-order valence-electron chi connectivity index (χ0n) is 10.5. The van der Waals surface area contributed by atoms with Crippen molar-refractivity contribution in [3.05, 3.63) is 0 Å².